The fourth-order valence-electron chi connectivity index (χ4n) is 11.7. The number of benzene rings is 3. The number of fused-ring (bicyclic) bond motifs is 2. The highest BCUT2D eigenvalue weighted by Gasteiger charge is 2.50. The molecule has 4 fully saturated rings. The van der Waals surface area contributed by atoms with Crippen molar-refractivity contribution in [2.45, 2.75) is 126 Å². The summed E-state index contributed by atoms with van der Waals surface area (Å²) in [5.41, 5.74) is 3.19. The summed E-state index contributed by atoms with van der Waals surface area (Å²) in [6.45, 7) is 9.19. The highest BCUT2D eigenvalue weighted by atomic mass is 32.2. The molecule has 17 heteroatoms. The third-order valence-corrected chi connectivity index (χ3v) is 16.9. The molecule has 366 valence electrons. The van der Waals surface area contributed by atoms with Crippen molar-refractivity contribution in [1.29, 1.82) is 0 Å². The van der Waals surface area contributed by atoms with Crippen LogP contribution in [0.4, 0.5) is 11.4 Å². The highest BCUT2D eigenvalue weighted by Crippen LogP contribution is 2.54. The Labute approximate surface area is 402 Å². The standard InChI is InChI=1S/C52H62N6O10S/c1-32(2)39-8-5-6-9-40(39)42-10-7-21-57(42)36-29-52(30-36)18-22-56(23-19-52)35-11-12-41(44(26-35)68-46-25-34-15-20-53-48(34)54-50(46)65-4)49(59)55-69(63,64)38-27-43(58(61)62)47-45(28-38)66-31-37(67-47)24-33-13-16-51(3,60)17-14-33/h5-6,8-9,11-12,15,20,25-28,32-33,36-37,42,60H,7,10,13-14,16-19,21-24,29-31H2,1-4H3,(H,53,54)(H,55,59)/t33-,37-,42-,51-/m1/s1. The van der Waals surface area contributed by atoms with Gasteiger partial charge in [0.25, 0.3) is 21.8 Å². The van der Waals surface area contributed by atoms with Gasteiger partial charge in [-0.25, -0.2) is 13.1 Å². The van der Waals surface area contributed by atoms with Crippen LogP contribution in [0, 0.1) is 21.4 Å². The Morgan fingerprint density at radius 3 is 2.52 bits per heavy atom. The van der Waals surface area contributed by atoms with Crippen LogP contribution in [0.5, 0.6) is 28.9 Å². The topological polar surface area (TPSA) is 199 Å². The first-order chi connectivity index (χ1) is 33.1. The predicted molar refractivity (Wildman–Crippen MR) is 260 cm³/mol. The maximum Gasteiger partial charge on any atom is 0.316 e. The minimum absolute atomic E-state index is 0.0540. The molecule has 2 aliphatic carbocycles. The fraction of sp³-hybridized carbons (Fsp3) is 0.500. The molecule has 0 bridgehead atoms. The normalized spacial score (nSPS) is 23.8. The Morgan fingerprint density at radius 2 is 1.78 bits per heavy atom. The molecule has 10 rings (SSSR count). The second-order valence-electron chi connectivity index (χ2n) is 20.6. The van der Waals surface area contributed by atoms with Crippen molar-refractivity contribution in [3.63, 3.8) is 0 Å². The summed E-state index contributed by atoms with van der Waals surface area (Å²) < 4.78 is 54.3. The number of rotatable bonds is 13. The minimum atomic E-state index is -4.72. The Balaban J connectivity index is 0.865. The van der Waals surface area contributed by atoms with Gasteiger partial charge >= 0.3 is 5.69 Å². The maximum atomic E-state index is 14.2. The van der Waals surface area contributed by atoms with Gasteiger partial charge in [-0.05, 0) is 137 Å². The van der Waals surface area contributed by atoms with Crippen molar-refractivity contribution in [3.05, 3.63) is 99.7 Å². The first-order valence-electron chi connectivity index (χ1n) is 24.4. The number of nitro groups is 1. The monoisotopic (exact) mass is 962 g/mol. The van der Waals surface area contributed by atoms with Crippen LogP contribution in [0.15, 0.2) is 77.8 Å². The van der Waals surface area contributed by atoms with Crippen LogP contribution in [0.25, 0.3) is 11.0 Å². The van der Waals surface area contributed by atoms with E-state index in [0.29, 0.717) is 42.9 Å². The molecule has 0 unspecified atom stereocenters. The van der Waals surface area contributed by atoms with Gasteiger partial charge in [-0.2, -0.15) is 4.98 Å². The van der Waals surface area contributed by atoms with Crippen LogP contribution in [-0.2, 0) is 10.0 Å². The molecule has 2 aromatic heterocycles. The summed E-state index contributed by atoms with van der Waals surface area (Å²) in [4.78, 5) is 38.0. The molecule has 3 N–H and O–H groups in total. The third-order valence-electron chi connectivity index (χ3n) is 15.6. The van der Waals surface area contributed by atoms with Crippen LogP contribution < -0.4 is 28.6 Å². The van der Waals surface area contributed by atoms with E-state index in [1.807, 2.05) is 13.0 Å². The van der Waals surface area contributed by atoms with Crippen LogP contribution in [0.2, 0.25) is 0 Å². The van der Waals surface area contributed by atoms with E-state index in [1.54, 1.807) is 24.4 Å². The van der Waals surface area contributed by atoms with Crippen molar-refractivity contribution < 1.29 is 42.2 Å². The number of aromatic amines is 1. The molecule has 5 aliphatic rings. The number of H-pyrrole nitrogens is 1. The van der Waals surface area contributed by atoms with Crippen LogP contribution >= 0.6 is 0 Å². The molecule has 5 aromatic rings. The van der Waals surface area contributed by atoms with Gasteiger partial charge < -0.3 is 33.9 Å². The number of hydrogen-bond donors (Lipinski definition) is 3. The largest absolute Gasteiger partial charge is 0.486 e. The number of aromatic nitrogens is 2. The van der Waals surface area contributed by atoms with Crippen molar-refractivity contribution in [1.82, 2.24) is 19.6 Å². The number of carbonyl (C=O) groups is 1. The predicted octanol–water partition coefficient (Wildman–Crippen LogP) is 9.57. The van der Waals surface area contributed by atoms with E-state index < -0.39 is 43.1 Å². The van der Waals surface area contributed by atoms with E-state index in [2.05, 4.69) is 62.6 Å². The van der Waals surface area contributed by atoms with Crippen molar-refractivity contribution in [2.75, 3.05) is 38.3 Å². The number of nitro benzene ring substituents is 1. The average molecular weight is 963 g/mol. The van der Waals surface area contributed by atoms with Gasteiger partial charge in [0.1, 0.15) is 24.1 Å². The summed E-state index contributed by atoms with van der Waals surface area (Å²) in [6.07, 6.45) is 11.5. The number of anilines is 1. The lowest BCUT2D eigenvalue weighted by Crippen LogP contribution is -2.54. The number of ether oxygens (including phenoxy) is 4. The molecule has 5 heterocycles. The number of amides is 1. The number of nitrogens with one attached hydrogen (secondary N) is 2. The number of methoxy groups -OCH3 is 1. The molecule has 3 aliphatic heterocycles. The Bertz CT molecular complexity index is 2860. The van der Waals surface area contributed by atoms with Gasteiger partial charge in [0.05, 0.1) is 28.1 Å². The lowest BCUT2D eigenvalue weighted by Gasteiger charge is -2.56. The Hall–Kier alpha value is -5.91. The molecule has 2 saturated heterocycles. The summed E-state index contributed by atoms with van der Waals surface area (Å²) >= 11 is 0. The zero-order valence-corrected chi connectivity index (χ0v) is 40.6. The molecule has 2 saturated carbocycles. The molecule has 1 spiro atoms. The van der Waals surface area contributed by atoms with Gasteiger partial charge in [-0.3, -0.25) is 19.8 Å². The summed E-state index contributed by atoms with van der Waals surface area (Å²) in [5, 5.41) is 23.5. The number of hydrogen-bond acceptors (Lipinski definition) is 13. The number of carbonyl (C=O) groups excluding carboxylic acids is 1. The minimum Gasteiger partial charge on any atom is -0.486 e. The summed E-state index contributed by atoms with van der Waals surface area (Å²) in [7, 11) is -3.26. The second-order valence-corrected chi connectivity index (χ2v) is 22.3. The van der Waals surface area contributed by atoms with Gasteiger partial charge in [-0.1, -0.05) is 38.1 Å². The first kappa shape index (κ1) is 46.8. The number of nitrogens with zero attached hydrogens (tertiary/aromatic N) is 4. The molecule has 2 atom stereocenters. The smallest absolute Gasteiger partial charge is 0.316 e. The van der Waals surface area contributed by atoms with E-state index in [0.717, 1.165) is 68.5 Å². The molecule has 0 radical (unpaired) electrons. The molecule has 69 heavy (non-hydrogen) atoms. The van der Waals surface area contributed by atoms with Gasteiger partial charge in [0.2, 0.25) is 5.75 Å². The summed E-state index contributed by atoms with van der Waals surface area (Å²) in [6, 6.07) is 20.6. The Kier molecular flexibility index (Phi) is 12.5. The lowest BCUT2D eigenvalue weighted by atomic mass is 9.59. The van der Waals surface area contributed by atoms with Gasteiger partial charge in [0, 0.05) is 60.6 Å². The third kappa shape index (κ3) is 9.44. The van der Waals surface area contributed by atoms with Gasteiger partial charge in [0.15, 0.2) is 11.5 Å². The maximum absolute atomic E-state index is 14.2. The first-order valence-corrected chi connectivity index (χ1v) is 25.9. The molecule has 16 nitrogen and oxygen atoms in total. The number of pyridine rings is 1. The number of aliphatic hydroxyl groups is 1. The Morgan fingerprint density at radius 1 is 1.01 bits per heavy atom. The average Bonchev–Trinajstić information content (AvgIpc) is 4.00. The quantitative estimate of drug-likeness (QED) is 0.0745. The van der Waals surface area contributed by atoms with E-state index >= 15 is 0 Å². The molecular formula is C52H62N6O10S. The molecular weight excluding hydrogens is 901 g/mol. The van der Waals surface area contributed by atoms with Crippen LogP contribution in [0.3, 0.4) is 0 Å². The second kappa shape index (κ2) is 18.4. The van der Waals surface area contributed by atoms with E-state index in [1.165, 1.54) is 50.0 Å². The van der Waals surface area contributed by atoms with Crippen LogP contribution in [0.1, 0.15) is 125 Å². The zero-order chi connectivity index (χ0) is 48.2. The van der Waals surface area contributed by atoms with E-state index in [4.69, 9.17) is 18.9 Å². The number of likely N-dealkylation sites (tertiary alicyclic amines) is 1. The van der Waals surface area contributed by atoms with E-state index in [9.17, 15) is 28.4 Å². The highest BCUT2D eigenvalue weighted by molar-refractivity contribution is 7.90. The van der Waals surface area contributed by atoms with Crippen molar-refractivity contribution in [2.24, 2.45) is 11.3 Å². The summed E-state index contributed by atoms with van der Waals surface area (Å²) in [5.74, 6) is -0.126. The molecule has 3 aromatic carbocycles. The number of piperidine rings is 1. The molecule has 1 amide bonds. The SMILES string of the molecule is COc1nc2[nH]ccc2cc1Oc1cc(N2CCC3(CC2)CC(N2CCC[C@@H]2c2ccccc2C(C)C)C3)ccc1C(=O)NS(=O)(=O)c1cc2c(c([N+](=O)[O-])c1)O[C@H](C[C@H]1CC[C@](C)(O)CC1)CO2. The fourth-order valence-corrected chi connectivity index (χ4v) is 12.7. The zero-order valence-electron chi connectivity index (χ0n) is 39.7. The van der Waals surface area contributed by atoms with Crippen molar-refractivity contribution >= 4 is 38.3 Å². The lowest BCUT2D eigenvalue weighted by molar-refractivity contribution is -0.386. The number of sulfonamides is 1. The van der Waals surface area contributed by atoms with Crippen LogP contribution in [-0.4, -0.2) is 90.3 Å². The van der Waals surface area contributed by atoms with Crippen molar-refractivity contribution in [3.8, 4) is 28.9 Å². The van der Waals surface area contributed by atoms with Gasteiger partial charge in [-0.15, -0.1) is 0 Å². The van der Waals surface area contributed by atoms with E-state index in [-0.39, 0.29) is 52.4 Å².